The SMILES string of the molecule is Cc1cccc(NCC2CC(=O)N(C)C2c2ccccc2)n1. The van der Waals surface area contributed by atoms with Gasteiger partial charge >= 0.3 is 0 Å². The number of nitrogens with one attached hydrogen (secondary N) is 1. The van der Waals surface area contributed by atoms with Gasteiger partial charge in [0.05, 0.1) is 6.04 Å². The molecule has 0 radical (unpaired) electrons. The number of amides is 1. The van der Waals surface area contributed by atoms with Crippen LogP contribution in [0.5, 0.6) is 0 Å². The van der Waals surface area contributed by atoms with Gasteiger partial charge in [-0.05, 0) is 24.6 Å². The van der Waals surface area contributed by atoms with Crippen LogP contribution in [0.15, 0.2) is 48.5 Å². The summed E-state index contributed by atoms with van der Waals surface area (Å²) < 4.78 is 0. The zero-order valence-electron chi connectivity index (χ0n) is 13.0. The van der Waals surface area contributed by atoms with Crippen molar-refractivity contribution in [3.63, 3.8) is 0 Å². The van der Waals surface area contributed by atoms with E-state index in [2.05, 4.69) is 22.4 Å². The molecule has 0 aliphatic carbocycles. The fraction of sp³-hybridized carbons (Fsp3) is 0.333. The van der Waals surface area contributed by atoms with E-state index >= 15 is 0 Å². The van der Waals surface area contributed by atoms with Crippen LogP contribution in [0.4, 0.5) is 5.82 Å². The lowest BCUT2D eigenvalue weighted by atomic mass is 9.93. The van der Waals surface area contributed by atoms with E-state index in [0.29, 0.717) is 6.42 Å². The summed E-state index contributed by atoms with van der Waals surface area (Å²) >= 11 is 0. The van der Waals surface area contributed by atoms with Crippen LogP contribution in [-0.2, 0) is 4.79 Å². The Hall–Kier alpha value is -2.36. The number of benzene rings is 1. The first-order chi connectivity index (χ1) is 10.6. The number of carbonyl (C=O) groups excluding carboxylic acids is 1. The average Bonchev–Trinajstić information content (AvgIpc) is 2.81. The molecule has 1 saturated heterocycles. The Morgan fingerprint density at radius 1 is 1.18 bits per heavy atom. The molecule has 2 heterocycles. The number of rotatable bonds is 4. The predicted molar refractivity (Wildman–Crippen MR) is 87.5 cm³/mol. The van der Waals surface area contributed by atoms with E-state index in [0.717, 1.165) is 18.1 Å². The molecule has 1 aliphatic heterocycles. The van der Waals surface area contributed by atoms with Gasteiger partial charge in [-0.1, -0.05) is 36.4 Å². The van der Waals surface area contributed by atoms with Gasteiger partial charge in [-0.25, -0.2) is 4.98 Å². The summed E-state index contributed by atoms with van der Waals surface area (Å²) in [5.74, 6) is 1.33. The first kappa shape index (κ1) is 14.6. The van der Waals surface area contributed by atoms with E-state index in [1.165, 1.54) is 5.56 Å². The molecule has 1 N–H and O–H groups in total. The van der Waals surface area contributed by atoms with Crippen LogP contribution < -0.4 is 5.32 Å². The van der Waals surface area contributed by atoms with Crippen molar-refractivity contribution in [1.82, 2.24) is 9.88 Å². The molecule has 2 aromatic rings. The zero-order valence-corrected chi connectivity index (χ0v) is 13.0. The van der Waals surface area contributed by atoms with Crippen LogP contribution in [-0.4, -0.2) is 29.4 Å². The quantitative estimate of drug-likeness (QED) is 0.943. The lowest BCUT2D eigenvalue weighted by Crippen LogP contribution is -2.26. The van der Waals surface area contributed by atoms with Crippen molar-refractivity contribution in [2.45, 2.75) is 19.4 Å². The minimum atomic E-state index is 0.131. The number of nitrogens with zero attached hydrogens (tertiary/aromatic N) is 2. The second kappa shape index (κ2) is 6.18. The summed E-state index contributed by atoms with van der Waals surface area (Å²) in [5, 5.41) is 3.38. The molecule has 4 nitrogen and oxygen atoms in total. The molecule has 1 aromatic heterocycles. The van der Waals surface area contributed by atoms with Gasteiger partial charge in [0.1, 0.15) is 5.82 Å². The molecule has 0 spiro atoms. The molecule has 1 aromatic carbocycles. The van der Waals surface area contributed by atoms with Crippen molar-refractivity contribution >= 4 is 11.7 Å². The third-order valence-corrected chi connectivity index (χ3v) is 4.27. The van der Waals surface area contributed by atoms with E-state index in [1.54, 1.807) is 0 Å². The molecule has 0 saturated carbocycles. The number of anilines is 1. The molecule has 1 amide bonds. The molecule has 1 aliphatic rings. The van der Waals surface area contributed by atoms with Crippen molar-refractivity contribution < 1.29 is 4.79 Å². The van der Waals surface area contributed by atoms with Crippen LogP contribution in [0.25, 0.3) is 0 Å². The third kappa shape index (κ3) is 2.96. The number of hydrogen-bond acceptors (Lipinski definition) is 3. The van der Waals surface area contributed by atoms with Crippen LogP contribution >= 0.6 is 0 Å². The Balaban J connectivity index is 1.75. The van der Waals surface area contributed by atoms with Crippen molar-refractivity contribution in [3.8, 4) is 0 Å². The van der Waals surface area contributed by atoms with E-state index in [1.807, 2.05) is 55.3 Å². The zero-order chi connectivity index (χ0) is 15.5. The van der Waals surface area contributed by atoms with Crippen molar-refractivity contribution in [2.75, 3.05) is 18.9 Å². The summed E-state index contributed by atoms with van der Waals surface area (Å²) in [6.45, 7) is 2.72. The van der Waals surface area contributed by atoms with Crippen LogP contribution in [0.1, 0.15) is 23.7 Å². The lowest BCUT2D eigenvalue weighted by Gasteiger charge is -2.25. The third-order valence-electron chi connectivity index (χ3n) is 4.27. The smallest absolute Gasteiger partial charge is 0.223 e. The Kier molecular flexibility index (Phi) is 4.09. The molecule has 2 unspecified atom stereocenters. The minimum absolute atomic E-state index is 0.131. The van der Waals surface area contributed by atoms with Gasteiger partial charge in [0.25, 0.3) is 0 Å². The van der Waals surface area contributed by atoms with Gasteiger partial charge in [0.15, 0.2) is 0 Å². The van der Waals surface area contributed by atoms with E-state index in [-0.39, 0.29) is 17.9 Å². The highest BCUT2D eigenvalue weighted by atomic mass is 16.2. The molecule has 4 heteroatoms. The van der Waals surface area contributed by atoms with Crippen molar-refractivity contribution in [1.29, 1.82) is 0 Å². The average molecular weight is 295 g/mol. The summed E-state index contributed by atoms with van der Waals surface area (Å²) in [6, 6.07) is 16.3. The van der Waals surface area contributed by atoms with Crippen LogP contribution in [0, 0.1) is 12.8 Å². The molecular formula is C18H21N3O. The van der Waals surface area contributed by atoms with E-state index < -0.39 is 0 Å². The van der Waals surface area contributed by atoms with Crippen LogP contribution in [0.3, 0.4) is 0 Å². The largest absolute Gasteiger partial charge is 0.370 e. The number of aromatic nitrogens is 1. The normalized spacial score (nSPS) is 21.2. The highest BCUT2D eigenvalue weighted by Gasteiger charge is 2.38. The predicted octanol–water partition coefficient (Wildman–Crippen LogP) is 3.02. The van der Waals surface area contributed by atoms with Gasteiger partial charge in [0.2, 0.25) is 5.91 Å². The molecule has 2 atom stereocenters. The maximum absolute atomic E-state index is 12.1. The fourth-order valence-corrected chi connectivity index (χ4v) is 3.16. The summed E-state index contributed by atoms with van der Waals surface area (Å²) in [4.78, 5) is 18.4. The Bertz CT molecular complexity index is 656. The lowest BCUT2D eigenvalue weighted by molar-refractivity contribution is -0.127. The van der Waals surface area contributed by atoms with Gasteiger partial charge in [-0.2, -0.15) is 0 Å². The molecule has 114 valence electrons. The Morgan fingerprint density at radius 2 is 1.95 bits per heavy atom. The van der Waals surface area contributed by atoms with Gasteiger partial charge in [0, 0.05) is 31.6 Å². The summed E-state index contributed by atoms with van der Waals surface area (Å²) in [7, 11) is 1.89. The molecular weight excluding hydrogens is 274 g/mol. The topological polar surface area (TPSA) is 45.2 Å². The highest BCUT2D eigenvalue weighted by Crippen LogP contribution is 2.36. The second-order valence-corrected chi connectivity index (χ2v) is 5.87. The standard InChI is InChI=1S/C18H21N3O/c1-13-7-6-10-16(20-13)19-12-15-11-17(22)21(2)18(15)14-8-4-3-5-9-14/h3-10,15,18H,11-12H2,1-2H3,(H,19,20). The second-order valence-electron chi connectivity index (χ2n) is 5.87. The number of aryl methyl sites for hydroxylation is 1. The Morgan fingerprint density at radius 3 is 2.68 bits per heavy atom. The number of hydrogen-bond donors (Lipinski definition) is 1. The van der Waals surface area contributed by atoms with Crippen LogP contribution in [0.2, 0.25) is 0 Å². The maximum Gasteiger partial charge on any atom is 0.223 e. The molecule has 0 bridgehead atoms. The molecule has 3 rings (SSSR count). The summed E-state index contributed by atoms with van der Waals surface area (Å²) in [5.41, 5.74) is 2.18. The number of likely N-dealkylation sites (tertiary alicyclic amines) is 1. The van der Waals surface area contributed by atoms with E-state index in [9.17, 15) is 4.79 Å². The number of carbonyl (C=O) groups is 1. The number of pyridine rings is 1. The van der Waals surface area contributed by atoms with E-state index in [4.69, 9.17) is 0 Å². The van der Waals surface area contributed by atoms with Gasteiger partial charge < -0.3 is 10.2 Å². The first-order valence-corrected chi connectivity index (χ1v) is 7.63. The van der Waals surface area contributed by atoms with Crippen molar-refractivity contribution in [2.24, 2.45) is 5.92 Å². The van der Waals surface area contributed by atoms with Gasteiger partial charge in [-0.15, -0.1) is 0 Å². The maximum atomic E-state index is 12.1. The summed E-state index contributed by atoms with van der Waals surface area (Å²) in [6.07, 6.45) is 0.578. The fourth-order valence-electron chi connectivity index (χ4n) is 3.16. The minimum Gasteiger partial charge on any atom is -0.370 e. The molecule has 22 heavy (non-hydrogen) atoms. The molecule has 1 fully saturated rings. The monoisotopic (exact) mass is 295 g/mol. The Labute approximate surface area is 131 Å². The van der Waals surface area contributed by atoms with Crippen molar-refractivity contribution in [3.05, 3.63) is 59.8 Å². The van der Waals surface area contributed by atoms with Gasteiger partial charge in [-0.3, -0.25) is 4.79 Å². The first-order valence-electron chi connectivity index (χ1n) is 7.63. The highest BCUT2D eigenvalue weighted by molar-refractivity contribution is 5.79.